The highest BCUT2D eigenvalue weighted by Crippen LogP contribution is 2.40. The fraction of sp³-hybridized carbons (Fsp3) is 0.299. The van der Waals surface area contributed by atoms with Gasteiger partial charge in [-0.3, -0.25) is 43.9 Å². The molecule has 4 saturated heterocycles. The number of carbonyl (C=O) groups excluding carboxylic acids is 4. The molecule has 0 atom stereocenters. The maximum atomic E-state index is 13.3. The van der Waals surface area contributed by atoms with Gasteiger partial charge >= 0.3 is 18.5 Å². The van der Waals surface area contributed by atoms with Gasteiger partial charge in [-0.15, -0.1) is 0 Å². The lowest BCUT2D eigenvalue weighted by molar-refractivity contribution is -0.139. The largest absolute Gasteiger partial charge is 0.496 e. The first-order valence-corrected chi connectivity index (χ1v) is 42.7. The number of aryl methyl sites for hydroxylation is 5. The number of morpholine rings is 4. The van der Waals surface area contributed by atoms with E-state index >= 15 is 0 Å². The van der Waals surface area contributed by atoms with Gasteiger partial charge in [0.1, 0.15) is 34.6 Å². The fourth-order valence-corrected chi connectivity index (χ4v) is 14.8. The number of pyridine rings is 9. The predicted molar refractivity (Wildman–Crippen MR) is 489 cm³/mol. The number of ether oxygens (including phenoxy) is 5. The highest BCUT2D eigenvalue weighted by atomic mass is 19.4. The van der Waals surface area contributed by atoms with Crippen molar-refractivity contribution in [3.8, 4) is 56.3 Å². The lowest BCUT2D eigenvalue weighted by Gasteiger charge is -2.28. The number of alkyl halides is 9. The van der Waals surface area contributed by atoms with Gasteiger partial charge in [-0.2, -0.15) is 44.8 Å². The van der Waals surface area contributed by atoms with Crippen LogP contribution in [0.1, 0.15) is 107 Å². The van der Waals surface area contributed by atoms with E-state index in [1.807, 2.05) is 88.4 Å². The molecule has 12 aromatic rings. The summed E-state index contributed by atoms with van der Waals surface area (Å²) in [6, 6.07) is 39.7. The maximum Gasteiger partial charge on any atom is 0.421 e. The number of anilines is 8. The molecule has 3 aromatic carbocycles. The molecule has 0 saturated carbocycles. The quantitative estimate of drug-likeness (QED) is 0.0546. The van der Waals surface area contributed by atoms with Crippen molar-refractivity contribution in [2.75, 3.05) is 153 Å². The average Bonchev–Trinajstić information content (AvgIpc) is 0.766. The number of benzene rings is 3. The van der Waals surface area contributed by atoms with Crippen LogP contribution in [-0.2, 0) is 49.4 Å². The van der Waals surface area contributed by atoms with Crippen LogP contribution in [0.3, 0.4) is 0 Å². The minimum Gasteiger partial charge on any atom is -0.496 e. The molecule has 4 N–H and O–H groups in total. The van der Waals surface area contributed by atoms with Gasteiger partial charge in [0.05, 0.1) is 129 Å². The van der Waals surface area contributed by atoms with Gasteiger partial charge in [0.15, 0.2) is 0 Å². The van der Waals surface area contributed by atoms with Gasteiger partial charge in [0.25, 0.3) is 29.2 Å². The third kappa shape index (κ3) is 24.8. The third-order valence-electron chi connectivity index (χ3n) is 22.3. The van der Waals surface area contributed by atoms with E-state index in [1.54, 1.807) is 87.4 Å². The molecule has 4 amide bonds. The van der Waals surface area contributed by atoms with Crippen LogP contribution in [0.15, 0.2) is 206 Å². The first-order chi connectivity index (χ1) is 64.1. The highest BCUT2D eigenvalue weighted by Gasteiger charge is 2.38. The molecule has 9 aromatic heterocycles. The highest BCUT2D eigenvalue weighted by molar-refractivity contribution is 6.07. The predicted octanol–water partition coefficient (Wildman–Crippen LogP) is 17.2. The van der Waals surface area contributed by atoms with Crippen LogP contribution < -0.4 is 51.2 Å². The molecule has 0 aliphatic carbocycles. The summed E-state index contributed by atoms with van der Waals surface area (Å²) < 4.78 is 146. The second-order valence-electron chi connectivity index (χ2n) is 31.8. The Morgan fingerprint density at radius 2 is 0.776 bits per heavy atom. The Labute approximate surface area is 765 Å². The van der Waals surface area contributed by atoms with E-state index in [4.69, 9.17) is 23.7 Å². The summed E-state index contributed by atoms with van der Waals surface area (Å²) in [7, 11) is 1.15. The van der Waals surface area contributed by atoms with Crippen LogP contribution in [0.5, 0.6) is 5.75 Å². The maximum absolute atomic E-state index is 13.3. The molecule has 0 bridgehead atoms. The number of aromatic nitrogens is 9. The number of hydrogen-bond donors (Lipinski definition) is 4. The normalized spacial score (nSPS) is 14.1. The molecule has 0 radical (unpaired) electrons. The van der Waals surface area contributed by atoms with E-state index in [9.17, 15) is 68.7 Å². The zero-order valence-corrected chi connectivity index (χ0v) is 74.3. The number of halogens is 9. The number of nitrogens with one attached hydrogen (secondary N) is 4. The van der Waals surface area contributed by atoms with Crippen LogP contribution in [0.4, 0.5) is 85.5 Å². The van der Waals surface area contributed by atoms with Crippen LogP contribution >= 0.6 is 0 Å². The Kier molecular flexibility index (Phi) is 31.2. The van der Waals surface area contributed by atoms with E-state index in [-0.39, 0.29) is 34.9 Å². The Bertz CT molecular complexity index is 6350. The Balaban J connectivity index is 0.000000152. The van der Waals surface area contributed by atoms with Crippen molar-refractivity contribution >= 4 is 69.6 Å². The number of methoxy groups -OCH3 is 1. The van der Waals surface area contributed by atoms with Gasteiger partial charge in [-0.1, -0.05) is 12.1 Å². The summed E-state index contributed by atoms with van der Waals surface area (Å²) >= 11 is 0. The molecule has 696 valence electrons. The molecular formula is C97H95F9N18O10. The third-order valence-corrected chi connectivity index (χ3v) is 22.3. The molecule has 4 fully saturated rings. The molecule has 16 rings (SSSR count). The Hall–Kier alpha value is -14.6. The molecule has 13 heterocycles. The van der Waals surface area contributed by atoms with Crippen molar-refractivity contribution in [3.63, 3.8) is 0 Å². The van der Waals surface area contributed by atoms with E-state index < -0.39 is 63.9 Å². The van der Waals surface area contributed by atoms with Crippen molar-refractivity contribution < 1.29 is 82.4 Å². The second-order valence-corrected chi connectivity index (χ2v) is 31.8. The topological polar surface area (TPSA) is 324 Å². The lowest BCUT2D eigenvalue weighted by Crippen LogP contribution is -2.36. The molecule has 4 aliphatic heterocycles. The van der Waals surface area contributed by atoms with Gasteiger partial charge in [-0.25, -0.2) is 19.9 Å². The number of nitriles is 1. The van der Waals surface area contributed by atoms with Gasteiger partial charge in [0.2, 0.25) is 0 Å². The van der Waals surface area contributed by atoms with E-state index in [1.165, 1.54) is 37.5 Å². The minimum atomic E-state index is -4.86. The van der Waals surface area contributed by atoms with Crippen molar-refractivity contribution in [3.05, 3.63) is 279 Å². The summed E-state index contributed by atoms with van der Waals surface area (Å²) in [6.45, 7) is 23.9. The van der Waals surface area contributed by atoms with E-state index in [0.29, 0.717) is 92.9 Å². The van der Waals surface area contributed by atoms with Crippen molar-refractivity contribution in [2.45, 2.75) is 79.0 Å². The molecule has 28 nitrogen and oxygen atoms in total. The second kappa shape index (κ2) is 43.2. The molecular weight excluding hydrogens is 1750 g/mol. The monoisotopic (exact) mass is 1840 g/mol. The van der Waals surface area contributed by atoms with E-state index in [2.05, 4.69) is 86.8 Å². The van der Waals surface area contributed by atoms with Crippen LogP contribution in [0.2, 0.25) is 0 Å². The number of rotatable bonds is 19. The number of nitrogens with zero attached hydrogens (tertiary/aromatic N) is 14. The van der Waals surface area contributed by atoms with E-state index in [0.717, 1.165) is 185 Å². The smallest absolute Gasteiger partial charge is 0.421 e. The van der Waals surface area contributed by atoms with Crippen molar-refractivity contribution in [1.29, 1.82) is 5.26 Å². The molecule has 37 heteroatoms. The minimum absolute atomic E-state index is 0.00519. The van der Waals surface area contributed by atoms with Gasteiger partial charge < -0.3 is 69.1 Å². The number of carbonyl (C=O) groups is 4. The Morgan fingerprint density at radius 3 is 1.16 bits per heavy atom. The zero-order valence-electron chi connectivity index (χ0n) is 74.3. The van der Waals surface area contributed by atoms with Crippen LogP contribution in [0, 0.1) is 39.0 Å². The SMILES string of the molecule is CCn1cc(C(=O)Nc2ccc(C)c(-c3ccnc(N4CCOCC4)c3)c2)cc(C(F)(F)F)c1=O.COc1ccc(C(=O)Nc2cnc(C)c(-c3ccnc(N4CCOCC4)c3)c2)cc1C(F)(F)F.Cc1ncc(NC(=O)c2cccc(C(F)(F)F)c2)cc1-c1ccnc(N2CCOCC2)c1.Cc1ncc(NC(=O)c2ccnc(C(C)(C)C#N)c2)cc1-c1ccnc(N2CCOCC2)c1. The zero-order chi connectivity index (χ0) is 95.6. The molecule has 134 heavy (non-hydrogen) atoms. The van der Waals surface area contributed by atoms with Crippen LogP contribution in [-0.4, -0.2) is 180 Å². The molecule has 4 aliphatic rings. The van der Waals surface area contributed by atoms with Gasteiger partial charge in [-0.05, 0) is 215 Å². The average molecular weight is 1840 g/mol. The summed E-state index contributed by atoms with van der Waals surface area (Å²) in [6.07, 6.45) is 0.179. The number of hydrogen-bond acceptors (Lipinski definition) is 23. The summed E-state index contributed by atoms with van der Waals surface area (Å²) in [4.78, 5) is 107. The first kappa shape index (κ1) is 96.9. The van der Waals surface area contributed by atoms with Crippen molar-refractivity contribution in [1.82, 2.24) is 44.4 Å². The lowest BCUT2D eigenvalue weighted by atomic mass is 9.90. The summed E-state index contributed by atoms with van der Waals surface area (Å²) in [5, 5.41) is 20.2. The number of amides is 4. The first-order valence-electron chi connectivity index (χ1n) is 42.7. The summed E-state index contributed by atoms with van der Waals surface area (Å²) in [5.41, 5.74) is 7.31. The standard InChI is InChI=1S/C25H25F3N4O3.C25H26N6O2.C24H23F3N4O3.C23H21F3N4O2/c1-3-31-15-18(12-21(24(31)34)25(26,27)28)23(33)30-19-5-4-16(2)20(14-19)17-6-7-29-22(13-17)32-8-10-35-11-9-32;1-17-21(18-4-7-28-23(13-18)31-8-10-33-11-9-31)14-20(15-29-17)30-24(32)19-5-6-27-22(12-19)25(2,3)16-26;1-15-19(16-5-6-28-22(12-16)31-7-9-34-10-8-31)13-18(14-29-15)30-23(32)17-3-4-21(33-2)20(11-17)24(25,26)27;1-15-20(16-5-6-27-21(12-16)30-7-9-32-10-8-30)13-19(14-28-15)29-22(31)17-3-2-4-18(11-17)23(24,25)26/h4-7,12-15H,3,8-11H2,1-2H3,(H,30,33);4-7,12-15H,8-11H2,1-3H3,(H,30,32);3-6,11-14H,7-10H2,1-2H3,(H,30,32);2-6,11-14H,7-10H2,1H3,(H,29,31). The van der Waals surface area contributed by atoms with Gasteiger partial charge in [0, 0.05) is 152 Å². The molecule has 0 spiro atoms. The Morgan fingerprint density at radius 1 is 0.410 bits per heavy atom. The van der Waals surface area contributed by atoms with Crippen LogP contribution in [0.25, 0.3) is 44.5 Å². The fourth-order valence-electron chi connectivity index (χ4n) is 14.8. The summed E-state index contributed by atoms with van der Waals surface area (Å²) in [5.74, 6) is 0.650. The molecule has 0 unspecified atom stereocenters. The van der Waals surface area contributed by atoms with Crippen molar-refractivity contribution in [2.24, 2.45) is 0 Å².